The summed E-state index contributed by atoms with van der Waals surface area (Å²) >= 11 is 0. The monoisotopic (exact) mass is 252 g/mol. The molecule has 0 fully saturated rings. The zero-order valence-corrected chi connectivity index (χ0v) is 11.0. The summed E-state index contributed by atoms with van der Waals surface area (Å²) in [7, 11) is 0. The second-order valence-electron chi connectivity index (χ2n) is 5.12. The largest absolute Gasteiger partial charge is 0.366 e. The van der Waals surface area contributed by atoms with Crippen LogP contribution in [-0.4, -0.2) is 5.91 Å². The number of hydrogen-bond donors (Lipinski definition) is 2. The molecule has 3 nitrogen and oxygen atoms in total. The number of hydrogen-bond acceptors (Lipinski definition) is 2. The number of fused-ring (bicyclic) bond motifs is 1. The molecule has 1 aliphatic rings. The summed E-state index contributed by atoms with van der Waals surface area (Å²) in [6, 6.07) is 15.8. The van der Waals surface area contributed by atoms with Crippen molar-refractivity contribution in [3.63, 3.8) is 0 Å². The Morgan fingerprint density at radius 3 is 2.47 bits per heavy atom. The van der Waals surface area contributed by atoms with Gasteiger partial charge in [-0.05, 0) is 37.1 Å². The van der Waals surface area contributed by atoms with E-state index in [0.29, 0.717) is 0 Å². The predicted octanol–water partition coefficient (Wildman–Crippen LogP) is 3.27. The van der Waals surface area contributed by atoms with Gasteiger partial charge in [-0.1, -0.05) is 36.4 Å². The maximum absolute atomic E-state index is 12.4. The fourth-order valence-electron chi connectivity index (χ4n) is 2.42. The van der Waals surface area contributed by atoms with Crippen LogP contribution in [0.3, 0.4) is 0 Å². The molecule has 0 aliphatic carbocycles. The molecule has 0 radical (unpaired) electrons. The number of amides is 1. The van der Waals surface area contributed by atoms with Crippen molar-refractivity contribution in [3.05, 3.63) is 59.7 Å². The Morgan fingerprint density at radius 1 is 1.00 bits per heavy atom. The van der Waals surface area contributed by atoms with Crippen LogP contribution in [0.1, 0.15) is 18.1 Å². The number of nitrogens with one attached hydrogen (secondary N) is 2. The maximum Gasteiger partial charge on any atom is 0.254 e. The zero-order chi connectivity index (χ0) is 13.5. The third-order valence-electron chi connectivity index (χ3n) is 3.61. The summed E-state index contributed by atoms with van der Waals surface area (Å²) in [6.07, 6.45) is 0. The van der Waals surface area contributed by atoms with Crippen molar-refractivity contribution >= 4 is 17.3 Å². The van der Waals surface area contributed by atoms with Crippen molar-refractivity contribution < 1.29 is 4.79 Å². The number of benzene rings is 2. The Hall–Kier alpha value is -2.29. The number of carbonyl (C=O) groups is 1. The van der Waals surface area contributed by atoms with E-state index in [1.54, 1.807) is 0 Å². The van der Waals surface area contributed by atoms with E-state index >= 15 is 0 Å². The van der Waals surface area contributed by atoms with Crippen molar-refractivity contribution in [3.8, 4) is 0 Å². The van der Waals surface area contributed by atoms with Crippen LogP contribution < -0.4 is 10.6 Å². The Kier molecular flexibility index (Phi) is 2.56. The first kappa shape index (κ1) is 11.8. The molecule has 1 unspecified atom stereocenters. The van der Waals surface area contributed by atoms with E-state index in [9.17, 15) is 4.79 Å². The van der Waals surface area contributed by atoms with Crippen LogP contribution in [-0.2, 0) is 10.3 Å². The van der Waals surface area contributed by atoms with E-state index in [4.69, 9.17) is 0 Å². The lowest BCUT2D eigenvalue weighted by Crippen LogP contribution is -2.47. The highest BCUT2D eigenvalue weighted by Gasteiger charge is 2.38. The topological polar surface area (TPSA) is 41.1 Å². The molecule has 1 aliphatic heterocycles. The Balaban J connectivity index is 2.07. The molecule has 0 aromatic heterocycles. The second kappa shape index (κ2) is 4.12. The third-order valence-corrected chi connectivity index (χ3v) is 3.61. The normalized spacial score (nSPS) is 21.3. The van der Waals surface area contributed by atoms with Crippen LogP contribution in [0.25, 0.3) is 0 Å². The number of aryl methyl sites for hydroxylation is 1. The quantitative estimate of drug-likeness (QED) is 0.817. The fourth-order valence-corrected chi connectivity index (χ4v) is 2.42. The SMILES string of the molecule is Cc1ccc2c(c1)NC(=O)C(C)(c1ccccc1)N2. The average molecular weight is 252 g/mol. The van der Waals surface area contributed by atoms with Gasteiger partial charge in [0.05, 0.1) is 11.4 Å². The molecule has 1 atom stereocenters. The molecule has 3 heteroatoms. The highest BCUT2D eigenvalue weighted by atomic mass is 16.2. The lowest BCUT2D eigenvalue weighted by atomic mass is 9.88. The van der Waals surface area contributed by atoms with Gasteiger partial charge in [-0.25, -0.2) is 0 Å². The van der Waals surface area contributed by atoms with Gasteiger partial charge in [0.15, 0.2) is 0 Å². The molecule has 1 heterocycles. The molecule has 19 heavy (non-hydrogen) atoms. The minimum Gasteiger partial charge on any atom is -0.366 e. The number of rotatable bonds is 1. The molecule has 1 amide bonds. The summed E-state index contributed by atoms with van der Waals surface area (Å²) in [5.41, 5.74) is 3.15. The maximum atomic E-state index is 12.4. The van der Waals surface area contributed by atoms with E-state index < -0.39 is 5.54 Å². The number of anilines is 2. The molecular formula is C16H16N2O. The zero-order valence-electron chi connectivity index (χ0n) is 11.0. The smallest absolute Gasteiger partial charge is 0.254 e. The first-order valence-corrected chi connectivity index (χ1v) is 6.35. The van der Waals surface area contributed by atoms with E-state index in [1.165, 1.54) is 0 Å². The van der Waals surface area contributed by atoms with Crippen LogP contribution >= 0.6 is 0 Å². The van der Waals surface area contributed by atoms with Gasteiger partial charge in [-0.3, -0.25) is 4.79 Å². The van der Waals surface area contributed by atoms with Crippen molar-refractivity contribution in [2.75, 3.05) is 10.6 Å². The first-order chi connectivity index (χ1) is 9.09. The van der Waals surface area contributed by atoms with Crippen molar-refractivity contribution in [1.82, 2.24) is 0 Å². The van der Waals surface area contributed by atoms with Gasteiger partial charge >= 0.3 is 0 Å². The van der Waals surface area contributed by atoms with E-state index in [1.807, 2.05) is 62.4 Å². The predicted molar refractivity (Wildman–Crippen MR) is 77.2 cm³/mol. The minimum absolute atomic E-state index is 0.0307. The van der Waals surface area contributed by atoms with Crippen LogP contribution in [0.15, 0.2) is 48.5 Å². The van der Waals surface area contributed by atoms with E-state index in [0.717, 1.165) is 22.5 Å². The van der Waals surface area contributed by atoms with Crippen LogP contribution in [0.5, 0.6) is 0 Å². The molecular weight excluding hydrogens is 236 g/mol. The van der Waals surface area contributed by atoms with Crippen LogP contribution in [0.2, 0.25) is 0 Å². The Labute approximate surface area is 112 Å². The highest BCUT2D eigenvalue weighted by Crippen LogP contribution is 2.36. The molecule has 0 spiro atoms. The van der Waals surface area contributed by atoms with Gasteiger partial charge < -0.3 is 10.6 Å². The van der Waals surface area contributed by atoms with Crippen molar-refractivity contribution in [2.24, 2.45) is 0 Å². The van der Waals surface area contributed by atoms with Gasteiger partial charge in [-0.2, -0.15) is 0 Å². The van der Waals surface area contributed by atoms with Gasteiger partial charge in [0.2, 0.25) is 0 Å². The van der Waals surface area contributed by atoms with Gasteiger partial charge in [0.25, 0.3) is 5.91 Å². The van der Waals surface area contributed by atoms with E-state index in [2.05, 4.69) is 10.6 Å². The molecule has 3 rings (SSSR count). The summed E-state index contributed by atoms with van der Waals surface area (Å²) in [5.74, 6) is -0.0307. The van der Waals surface area contributed by atoms with Crippen molar-refractivity contribution in [1.29, 1.82) is 0 Å². The summed E-state index contributed by atoms with van der Waals surface area (Å²) in [6.45, 7) is 3.91. The molecule has 96 valence electrons. The molecule has 2 aromatic rings. The molecule has 2 N–H and O–H groups in total. The van der Waals surface area contributed by atoms with Gasteiger partial charge in [0, 0.05) is 0 Å². The van der Waals surface area contributed by atoms with Gasteiger partial charge in [0.1, 0.15) is 5.54 Å². The lowest BCUT2D eigenvalue weighted by molar-refractivity contribution is -0.120. The Bertz CT molecular complexity index is 636. The average Bonchev–Trinajstić information content (AvgIpc) is 2.42. The lowest BCUT2D eigenvalue weighted by Gasteiger charge is -2.36. The molecule has 2 aromatic carbocycles. The first-order valence-electron chi connectivity index (χ1n) is 6.35. The summed E-state index contributed by atoms with van der Waals surface area (Å²) in [4.78, 5) is 12.4. The van der Waals surface area contributed by atoms with Gasteiger partial charge in [-0.15, -0.1) is 0 Å². The molecule has 0 saturated carbocycles. The molecule has 0 saturated heterocycles. The summed E-state index contributed by atoms with van der Waals surface area (Å²) in [5, 5.41) is 6.34. The summed E-state index contributed by atoms with van der Waals surface area (Å²) < 4.78 is 0. The highest BCUT2D eigenvalue weighted by molar-refractivity contribution is 6.06. The van der Waals surface area contributed by atoms with Crippen LogP contribution in [0, 0.1) is 6.92 Å². The van der Waals surface area contributed by atoms with E-state index in [-0.39, 0.29) is 5.91 Å². The third kappa shape index (κ3) is 1.87. The fraction of sp³-hybridized carbons (Fsp3) is 0.188. The standard InChI is InChI=1S/C16H16N2O/c1-11-8-9-13-14(10-11)17-15(19)16(2,18-13)12-6-4-3-5-7-12/h3-10,18H,1-2H3,(H,17,19). The second-order valence-corrected chi connectivity index (χ2v) is 5.12. The number of carbonyl (C=O) groups excluding carboxylic acids is 1. The minimum atomic E-state index is -0.733. The Morgan fingerprint density at radius 2 is 1.74 bits per heavy atom. The van der Waals surface area contributed by atoms with Crippen molar-refractivity contribution in [2.45, 2.75) is 19.4 Å². The molecule has 0 bridgehead atoms. The van der Waals surface area contributed by atoms with Crippen LogP contribution in [0.4, 0.5) is 11.4 Å².